The Morgan fingerprint density at radius 3 is 2.94 bits per heavy atom. The van der Waals surface area contributed by atoms with Crippen LogP contribution in [0.5, 0.6) is 5.75 Å². The highest BCUT2D eigenvalue weighted by molar-refractivity contribution is 9.09. The molecule has 1 amide bonds. The van der Waals surface area contributed by atoms with Crippen LogP contribution >= 0.6 is 15.9 Å². The van der Waals surface area contributed by atoms with Crippen LogP contribution < -0.4 is 5.32 Å². The van der Waals surface area contributed by atoms with Gasteiger partial charge in [-0.2, -0.15) is 0 Å². The van der Waals surface area contributed by atoms with Crippen molar-refractivity contribution < 1.29 is 14.6 Å². The van der Waals surface area contributed by atoms with Crippen molar-refractivity contribution in [2.45, 2.75) is 13.3 Å². The van der Waals surface area contributed by atoms with Gasteiger partial charge in [-0.05, 0) is 25.5 Å². The number of phenols is 1. The lowest BCUT2D eigenvalue weighted by atomic mass is 10.1. The first-order valence-corrected chi connectivity index (χ1v) is 6.99. The van der Waals surface area contributed by atoms with Crippen LogP contribution in [-0.4, -0.2) is 36.1 Å². The lowest BCUT2D eigenvalue weighted by molar-refractivity contribution is 0.0943. The Bertz CT molecular complexity index is 396. The Morgan fingerprint density at radius 2 is 2.22 bits per heavy atom. The molecule has 5 heteroatoms. The molecule has 0 aliphatic rings. The number of carbonyl (C=O) groups is 1. The topological polar surface area (TPSA) is 58.6 Å². The molecule has 0 bridgehead atoms. The molecule has 1 rings (SSSR count). The number of benzene rings is 1. The molecule has 0 aliphatic heterocycles. The third-order valence-corrected chi connectivity index (χ3v) is 2.85. The minimum atomic E-state index is -0.163. The van der Waals surface area contributed by atoms with Gasteiger partial charge in [-0.25, -0.2) is 0 Å². The number of phenolic OH excluding ortho intramolecular Hbond substituents is 1. The maximum atomic E-state index is 11.8. The Labute approximate surface area is 115 Å². The van der Waals surface area contributed by atoms with Gasteiger partial charge in [-0.3, -0.25) is 4.79 Å². The molecule has 18 heavy (non-hydrogen) atoms. The standard InChI is InChI=1S/C13H18BrNO3/c1-10-11(4-2-5-12(10)16)13(17)15-7-3-8-18-9-6-14/h2,4-5,16H,3,6-9H2,1H3,(H,15,17). The maximum Gasteiger partial charge on any atom is 0.251 e. The van der Waals surface area contributed by atoms with Gasteiger partial charge in [0.05, 0.1) is 6.61 Å². The first kappa shape index (κ1) is 15.0. The summed E-state index contributed by atoms with van der Waals surface area (Å²) in [6.45, 7) is 3.60. The van der Waals surface area contributed by atoms with E-state index in [1.165, 1.54) is 0 Å². The normalized spacial score (nSPS) is 10.3. The van der Waals surface area contributed by atoms with E-state index in [2.05, 4.69) is 21.2 Å². The van der Waals surface area contributed by atoms with E-state index in [1.54, 1.807) is 25.1 Å². The van der Waals surface area contributed by atoms with Gasteiger partial charge in [-0.15, -0.1) is 0 Å². The number of amides is 1. The quantitative estimate of drug-likeness (QED) is 0.599. The van der Waals surface area contributed by atoms with Crippen LogP contribution in [0, 0.1) is 6.92 Å². The van der Waals surface area contributed by atoms with Crippen molar-refractivity contribution in [2.75, 3.05) is 25.1 Å². The van der Waals surface area contributed by atoms with Crippen LogP contribution in [0.25, 0.3) is 0 Å². The molecule has 100 valence electrons. The SMILES string of the molecule is Cc1c(O)cccc1C(=O)NCCCOCCBr. The van der Waals surface area contributed by atoms with Crippen molar-refractivity contribution >= 4 is 21.8 Å². The summed E-state index contributed by atoms with van der Waals surface area (Å²) in [5, 5.41) is 13.1. The third kappa shape index (κ3) is 4.66. The summed E-state index contributed by atoms with van der Waals surface area (Å²) in [6.07, 6.45) is 0.774. The van der Waals surface area contributed by atoms with Gasteiger partial charge in [0, 0.05) is 29.6 Å². The zero-order valence-corrected chi connectivity index (χ0v) is 12.0. The van der Waals surface area contributed by atoms with Gasteiger partial charge in [0.2, 0.25) is 0 Å². The summed E-state index contributed by atoms with van der Waals surface area (Å²) in [5.41, 5.74) is 1.11. The molecule has 1 aromatic rings. The summed E-state index contributed by atoms with van der Waals surface area (Å²) in [4.78, 5) is 11.8. The van der Waals surface area contributed by atoms with E-state index in [9.17, 15) is 9.90 Å². The second-order valence-corrected chi connectivity index (χ2v) is 4.65. The van der Waals surface area contributed by atoms with Gasteiger partial charge in [0.25, 0.3) is 5.91 Å². The van der Waals surface area contributed by atoms with Crippen LogP contribution in [-0.2, 0) is 4.74 Å². The fourth-order valence-electron chi connectivity index (χ4n) is 1.50. The number of hydrogen-bond donors (Lipinski definition) is 2. The Kier molecular flexibility index (Phi) is 6.75. The summed E-state index contributed by atoms with van der Waals surface area (Å²) in [6, 6.07) is 4.93. The molecule has 0 atom stereocenters. The summed E-state index contributed by atoms with van der Waals surface area (Å²) in [5.74, 6) is -0.0211. The van der Waals surface area contributed by atoms with Crippen molar-refractivity contribution in [3.05, 3.63) is 29.3 Å². The second kappa shape index (κ2) is 8.11. The smallest absolute Gasteiger partial charge is 0.251 e. The summed E-state index contributed by atoms with van der Waals surface area (Å²) < 4.78 is 5.27. The van der Waals surface area contributed by atoms with Crippen LogP contribution in [0.1, 0.15) is 22.3 Å². The molecule has 0 heterocycles. The maximum absolute atomic E-state index is 11.8. The number of hydrogen-bond acceptors (Lipinski definition) is 3. The van der Waals surface area contributed by atoms with Crippen molar-refractivity contribution in [1.82, 2.24) is 5.32 Å². The van der Waals surface area contributed by atoms with E-state index in [0.717, 1.165) is 11.8 Å². The zero-order valence-electron chi connectivity index (χ0n) is 10.4. The van der Waals surface area contributed by atoms with Crippen molar-refractivity contribution in [1.29, 1.82) is 0 Å². The Morgan fingerprint density at radius 1 is 1.44 bits per heavy atom. The number of nitrogens with one attached hydrogen (secondary N) is 1. The molecule has 0 spiro atoms. The highest BCUT2D eigenvalue weighted by Gasteiger charge is 2.10. The number of carbonyl (C=O) groups excluding carboxylic acids is 1. The molecule has 4 nitrogen and oxygen atoms in total. The number of rotatable bonds is 7. The van der Waals surface area contributed by atoms with Crippen LogP contribution in [0.2, 0.25) is 0 Å². The number of aromatic hydroxyl groups is 1. The highest BCUT2D eigenvalue weighted by Crippen LogP contribution is 2.19. The van der Waals surface area contributed by atoms with Gasteiger partial charge >= 0.3 is 0 Å². The molecular weight excluding hydrogens is 298 g/mol. The predicted molar refractivity (Wildman–Crippen MR) is 74.4 cm³/mol. The van der Waals surface area contributed by atoms with E-state index < -0.39 is 0 Å². The lowest BCUT2D eigenvalue weighted by Gasteiger charge is -2.08. The van der Waals surface area contributed by atoms with Crippen LogP contribution in [0.4, 0.5) is 0 Å². The predicted octanol–water partition coefficient (Wildman–Crippen LogP) is 2.23. The molecule has 0 fully saturated rings. The highest BCUT2D eigenvalue weighted by atomic mass is 79.9. The van der Waals surface area contributed by atoms with E-state index in [-0.39, 0.29) is 11.7 Å². The average molecular weight is 316 g/mol. The average Bonchev–Trinajstić information content (AvgIpc) is 2.36. The Hall–Kier alpha value is -1.07. The summed E-state index contributed by atoms with van der Waals surface area (Å²) >= 11 is 3.27. The molecule has 1 aromatic carbocycles. The van der Waals surface area contributed by atoms with Gasteiger partial charge in [0.15, 0.2) is 0 Å². The van der Waals surface area contributed by atoms with E-state index in [4.69, 9.17) is 4.74 Å². The fraction of sp³-hybridized carbons (Fsp3) is 0.462. The van der Waals surface area contributed by atoms with E-state index in [0.29, 0.717) is 30.9 Å². The van der Waals surface area contributed by atoms with Crippen molar-refractivity contribution in [2.24, 2.45) is 0 Å². The van der Waals surface area contributed by atoms with Crippen LogP contribution in [0.3, 0.4) is 0 Å². The van der Waals surface area contributed by atoms with Crippen LogP contribution in [0.15, 0.2) is 18.2 Å². The summed E-state index contributed by atoms with van der Waals surface area (Å²) in [7, 11) is 0. The molecule has 2 N–H and O–H groups in total. The van der Waals surface area contributed by atoms with Crippen molar-refractivity contribution in [3.63, 3.8) is 0 Å². The van der Waals surface area contributed by atoms with Gasteiger partial charge in [-0.1, -0.05) is 22.0 Å². The minimum absolute atomic E-state index is 0.142. The van der Waals surface area contributed by atoms with Crippen molar-refractivity contribution in [3.8, 4) is 5.75 Å². The fourth-order valence-corrected chi connectivity index (χ4v) is 1.73. The number of ether oxygens (including phenoxy) is 1. The Balaban J connectivity index is 2.35. The van der Waals surface area contributed by atoms with E-state index in [1.807, 2.05) is 0 Å². The first-order valence-electron chi connectivity index (χ1n) is 5.87. The molecule has 0 aliphatic carbocycles. The number of alkyl halides is 1. The van der Waals surface area contributed by atoms with Gasteiger partial charge < -0.3 is 15.2 Å². The third-order valence-electron chi connectivity index (χ3n) is 2.52. The molecule has 0 radical (unpaired) electrons. The number of halogens is 1. The zero-order chi connectivity index (χ0) is 13.4. The minimum Gasteiger partial charge on any atom is -0.508 e. The monoisotopic (exact) mass is 315 g/mol. The molecule has 0 aromatic heterocycles. The second-order valence-electron chi connectivity index (χ2n) is 3.86. The van der Waals surface area contributed by atoms with E-state index >= 15 is 0 Å². The molecular formula is C13H18BrNO3. The molecule has 0 saturated carbocycles. The largest absolute Gasteiger partial charge is 0.508 e. The molecule has 0 saturated heterocycles. The first-order chi connectivity index (χ1) is 8.66. The lowest BCUT2D eigenvalue weighted by Crippen LogP contribution is -2.26. The van der Waals surface area contributed by atoms with Gasteiger partial charge in [0.1, 0.15) is 5.75 Å². The molecule has 0 unspecified atom stereocenters.